The highest BCUT2D eigenvalue weighted by molar-refractivity contribution is 8.00. The molecule has 0 saturated carbocycles. The third-order valence-electron chi connectivity index (χ3n) is 6.78. The fourth-order valence-corrected chi connectivity index (χ4v) is 5.30. The second-order valence-corrected chi connectivity index (χ2v) is 11.1. The Balaban J connectivity index is 1.33. The van der Waals surface area contributed by atoms with Crippen LogP contribution in [-0.2, 0) is 9.59 Å². The number of hydrogen-bond acceptors (Lipinski definition) is 4. The first-order valence-corrected chi connectivity index (χ1v) is 14.8. The van der Waals surface area contributed by atoms with Crippen LogP contribution in [0.5, 0.6) is 0 Å². The topological polar surface area (TPSA) is 87.3 Å². The Morgan fingerprint density at radius 3 is 2.33 bits per heavy atom. The van der Waals surface area contributed by atoms with Gasteiger partial charge in [-0.2, -0.15) is 0 Å². The molecule has 0 aliphatic carbocycles. The van der Waals surface area contributed by atoms with Gasteiger partial charge >= 0.3 is 0 Å². The summed E-state index contributed by atoms with van der Waals surface area (Å²) in [7, 11) is 0. The van der Waals surface area contributed by atoms with E-state index in [-0.39, 0.29) is 23.3 Å². The third kappa shape index (κ3) is 7.78. The van der Waals surface area contributed by atoms with Gasteiger partial charge in [0.25, 0.3) is 11.8 Å². The number of carbonyl (C=O) groups excluding carboxylic acids is 3. The van der Waals surface area contributed by atoms with Crippen LogP contribution in [0, 0.1) is 13.8 Å². The summed E-state index contributed by atoms with van der Waals surface area (Å²) >= 11 is 1.37. The Morgan fingerprint density at radius 2 is 1.49 bits per heavy atom. The van der Waals surface area contributed by atoms with Gasteiger partial charge in [-0.1, -0.05) is 78.9 Å². The fraction of sp³-hybridized carbons (Fsp3) is 0.0833. The van der Waals surface area contributed by atoms with Crippen LogP contribution in [0.25, 0.3) is 16.8 Å². The number of rotatable bonds is 9. The van der Waals surface area contributed by atoms with Gasteiger partial charge in [-0.05, 0) is 83.8 Å². The maximum atomic E-state index is 13.6. The first-order chi connectivity index (χ1) is 20.9. The minimum atomic E-state index is -0.466. The summed E-state index contributed by atoms with van der Waals surface area (Å²) in [6, 6.07) is 35.7. The van der Waals surface area contributed by atoms with E-state index in [0.717, 1.165) is 38.0 Å². The van der Waals surface area contributed by atoms with Crippen molar-refractivity contribution in [3.05, 3.63) is 143 Å². The molecule has 3 amide bonds. The predicted octanol–water partition coefficient (Wildman–Crippen LogP) is 7.60. The molecule has 0 aliphatic rings. The van der Waals surface area contributed by atoms with E-state index in [1.54, 1.807) is 36.4 Å². The SMILES string of the molecule is Cc1ccc(C)c(NC(=O)CSc2cccc(NC(=O)/C(=C\c3cccc4ccccc34)NC(=O)c3ccccc3)c2)c1. The van der Waals surface area contributed by atoms with Gasteiger partial charge in [-0.25, -0.2) is 0 Å². The van der Waals surface area contributed by atoms with Gasteiger partial charge in [0, 0.05) is 21.8 Å². The van der Waals surface area contributed by atoms with Crippen molar-refractivity contribution in [1.82, 2.24) is 5.32 Å². The van der Waals surface area contributed by atoms with Gasteiger partial charge < -0.3 is 16.0 Å². The molecule has 214 valence electrons. The molecule has 0 saturated heterocycles. The summed E-state index contributed by atoms with van der Waals surface area (Å²) in [5.74, 6) is -0.755. The lowest BCUT2D eigenvalue weighted by Crippen LogP contribution is -2.30. The third-order valence-corrected chi connectivity index (χ3v) is 7.77. The van der Waals surface area contributed by atoms with Crippen LogP contribution < -0.4 is 16.0 Å². The van der Waals surface area contributed by atoms with Crippen LogP contribution in [-0.4, -0.2) is 23.5 Å². The highest BCUT2D eigenvalue weighted by Crippen LogP contribution is 2.24. The van der Waals surface area contributed by atoms with Crippen molar-refractivity contribution in [3.63, 3.8) is 0 Å². The van der Waals surface area contributed by atoms with Gasteiger partial charge in [0.2, 0.25) is 5.91 Å². The monoisotopic (exact) mass is 585 g/mol. The molecular weight excluding hydrogens is 554 g/mol. The average Bonchev–Trinajstić information content (AvgIpc) is 3.02. The van der Waals surface area contributed by atoms with Crippen molar-refractivity contribution in [2.24, 2.45) is 0 Å². The van der Waals surface area contributed by atoms with Crippen molar-refractivity contribution < 1.29 is 14.4 Å². The molecular formula is C36H31N3O3S. The molecule has 0 bridgehead atoms. The Hall–Kier alpha value is -5.14. The number of carbonyl (C=O) groups is 3. The van der Waals surface area contributed by atoms with E-state index < -0.39 is 5.91 Å². The molecule has 5 aromatic rings. The molecule has 0 spiro atoms. The second kappa shape index (κ2) is 13.7. The van der Waals surface area contributed by atoms with Crippen LogP contribution in [0.15, 0.2) is 126 Å². The highest BCUT2D eigenvalue weighted by atomic mass is 32.2. The number of aryl methyl sites for hydroxylation is 2. The number of hydrogen-bond donors (Lipinski definition) is 3. The Kier molecular flexibility index (Phi) is 9.34. The predicted molar refractivity (Wildman–Crippen MR) is 176 cm³/mol. The lowest BCUT2D eigenvalue weighted by Gasteiger charge is -2.13. The summed E-state index contributed by atoms with van der Waals surface area (Å²) in [5, 5.41) is 10.7. The van der Waals surface area contributed by atoms with E-state index in [1.807, 2.05) is 98.8 Å². The Morgan fingerprint density at radius 1 is 0.744 bits per heavy atom. The van der Waals surface area contributed by atoms with E-state index in [2.05, 4.69) is 16.0 Å². The van der Waals surface area contributed by atoms with Gasteiger partial charge in [-0.15, -0.1) is 11.8 Å². The van der Waals surface area contributed by atoms with E-state index >= 15 is 0 Å². The first-order valence-electron chi connectivity index (χ1n) is 13.8. The lowest BCUT2D eigenvalue weighted by molar-refractivity contribution is -0.114. The van der Waals surface area contributed by atoms with Crippen LogP contribution in [0.3, 0.4) is 0 Å². The fourth-order valence-electron chi connectivity index (χ4n) is 4.54. The van der Waals surface area contributed by atoms with Crippen molar-refractivity contribution in [3.8, 4) is 0 Å². The van der Waals surface area contributed by atoms with E-state index in [1.165, 1.54) is 11.8 Å². The highest BCUT2D eigenvalue weighted by Gasteiger charge is 2.16. The number of amides is 3. The number of benzene rings is 5. The zero-order chi connectivity index (χ0) is 30.2. The summed E-state index contributed by atoms with van der Waals surface area (Å²) in [5.41, 5.74) is 4.77. The van der Waals surface area contributed by atoms with Crippen LogP contribution in [0.4, 0.5) is 11.4 Å². The maximum Gasteiger partial charge on any atom is 0.272 e. The summed E-state index contributed by atoms with van der Waals surface area (Å²) in [6.45, 7) is 3.94. The zero-order valence-electron chi connectivity index (χ0n) is 23.9. The van der Waals surface area contributed by atoms with Crippen molar-refractivity contribution >= 4 is 57.7 Å². The van der Waals surface area contributed by atoms with Crippen molar-refractivity contribution in [2.75, 3.05) is 16.4 Å². The Labute approximate surface area is 255 Å². The van der Waals surface area contributed by atoms with E-state index in [4.69, 9.17) is 0 Å². The molecule has 0 heterocycles. The molecule has 5 aromatic carbocycles. The number of nitrogens with one attached hydrogen (secondary N) is 3. The molecule has 0 unspecified atom stereocenters. The number of anilines is 2. The molecule has 0 aliphatic heterocycles. The quantitative estimate of drug-likeness (QED) is 0.123. The maximum absolute atomic E-state index is 13.6. The van der Waals surface area contributed by atoms with Crippen LogP contribution >= 0.6 is 11.8 Å². The van der Waals surface area contributed by atoms with Crippen molar-refractivity contribution in [1.29, 1.82) is 0 Å². The van der Waals surface area contributed by atoms with Gasteiger partial charge in [-0.3, -0.25) is 14.4 Å². The second-order valence-electron chi connectivity index (χ2n) is 10.1. The molecule has 7 heteroatoms. The number of fused-ring (bicyclic) bond motifs is 1. The van der Waals surface area contributed by atoms with Gasteiger partial charge in [0.05, 0.1) is 5.75 Å². The van der Waals surface area contributed by atoms with Crippen molar-refractivity contribution in [2.45, 2.75) is 18.7 Å². The van der Waals surface area contributed by atoms with Gasteiger partial charge in [0.1, 0.15) is 5.70 Å². The normalized spacial score (nSPS) is 11.2. The minimum absolute atomic E-state index is 0.108. The Bertz CT molecular complexity index is 1830. The molecule has 6 nitrogen and oxygen atoms in total. The summed E-state index contributed by atoms with van der Waals surface area (Å²) in [6.07, 6.45) is 1.69. The van der Waals surface area contributed by atoms with Crippen LogP contribution in [0.1, 0.15) is 27.0 Å². The molecule has 3 N–H and O–H groups in total. The average molecular weight is 586 g/mol. The molecule has 43 heavy (non-hydrogen) atoms. The summed E-state index contributed by atoms with van der Waals surface area (Å²) < 4.78 is 0. The smallest absolute Gasteiger partial charge is 0.272 e. The largest absolute Gasteiger partial charge is 0.325 e. The lowest BCUT2D eigenvalue weighted by atomic mass is 10.0. The van der Waals surface area contributed by atoms with E-state index in [9.17, 15) is 14.4 Å². The molecule has 5 rings (SSSR count). The zero-order valence-corrected chi connectivity index (χ0v) is 24.7. The standard InChI is InChI=1S/C36H31N3O3S/c1-24-18-19-25(2)32(20-24)38-34(40)23-43-30-16-9-15-29(22-30)37-36(42)33(39-35(41)27-11-4-3-5-12-27)21-28-14-8-13-26-10-6-7-17-31(26)28/h3-22H,23H2,1-2H3,(H,37,42)(H,38,40)(H,39,41)/b33-21+. The minimum Gasteiger partial charge on any atom is -0.325 e. The summed E-state index contributed by atoms with van der Waals surface area (Å²) in [4.78, 5) is 40.1. The van der Waals surface area contributed by atoms with Crippen LogP contribution in [0.2, 0.25) is 0 Å². The first kappa shape index (κ1) is 29.4. The molecule has 0 atom stereocenters. The molecule has 0 fully saturated rings. The molecule has 0 radical (unpaired) electrons. The van der Waals surface area contributed by atoms with E-state index in [0.29, 0.717) is 11.3 Å². The molecule has 0 aromatic heterocycles. The number of thioether (sulfide) groups is 1. The van der Waals surface area contributed by atoms with Gasteiger partial charge in [0.15, 0.2) is 0 Å².